The number of hydrogen-bond acceptors (Lipinski definition) is 5. The van der Waals surface area contributed by atoms with Crippen molar-refractivity contribution in [3.8, 4) is 0 Å². The van der Waals surface area contributed by atoms with Gasteiger partial charge in [0.05, 0.1) is 11.9 Å². The third-order valence-corrected chi connectivity index (χ3v) is 5.87. The van der Waals surface area contributed by atoms with E-state index in [1.165, 1.54) is 37.8 Å². The normalized spacial score (nSPS) is 27.6. The first-order valence-electron chi connectivity index (χ1n) is 8.77. The summed E-state index contributed by atoms with van der Waals surface area (Å²) in [5.41, 5.74) is 1.29. The SMILES string of the molecule is c1nc(N2CCC3(CC2)CC(C2CC2)=NO3)oc1C1CCC1. The molecule has 1 aromatic rings. The molecule has 0 aromatic carbocycles. The van der Waals surface area contributed by atoms with E-state index < -0.39 is 0 Å². The van der Waals surface area contributed by atoms with Crippen LogP contribution in [0.3, 0.4) is 0 Å². The van der Waals surface area contributed by atoms with Crippen LogP contribution in [0, 0.1) is 5.92 Å². The van der Waals surface area contributed by atoms with Crippen molar-refractivity contribution in [2.24, 2.45) is 11.1 Å². The average Bonchev–Trinajstić information content (AvgIpc) is 3.09. The number of rotatable bonds is 3. The van der Waals surface area contributed by atoms with Crippen LogP contribution in [0.1, 0.15) is 63.0 Å². The van der Waals surface area contributed by atoms with Gasteiger partial charge < -0.3 is 14.2 Å². The summed E-state index contributed by atoms with van der Waals surface area (Å²) in [5, 5.41) is 4.38. The van der Waals surface area contributed by atoms with Gasteiger partial charge in [0.2, 0.25) is 0 Å². The Morgan fingerprint density at radius 1 is 1.09 bits per heavy atom. The van der Waals surface area contributed by atoms with Crippen molar-refractivity contribution in [3.63, 3.8) is 0 Å². The Hall–Kier alpha value is -1.52. The maximum atomic E-state index is 5.99. The molecule has 5 rings (SSSR count). The van der Waals surface area contributed by atoms with E-state index in [4.69, 9.17) is 9.25 Å². The molecule has 2 aliphatic heterocycles. The Kier molecular flexibility index (Phi) is 2.79. The molecule has 0 atom stereocenters. The number of hydrogen-bond donors (Lipinski definition) is 0. The molecule has 2 aliphatic carbocycles. The standard InChI is InChI=1S/C17H23N3O2/c1-2-13(3-1)15-11-18-16(21-15)20-8-6-17(7-9-20)10-14(19-22-17)12-4-5-12/h11-13H,1-10H2. The van der Waals surface area contributed by atoms with Gasteiger partial charge in [-0.25, -0.2) is 4.98 Å². The van der Waals surface area contributed by atoms with Gasteiger partial charge in [0.15, 0.2) is 0 Å². The monoisotopic (exact) mass is 301 g/mol. The van der Waals surface area contributed by atoms with E-state index in [1.807, 2.05) is 6.20 Å². The molecule has 3 fully saturated rings. The number of oxime groups is 1. The van der Waals surface area contributed by atoms with Gasteiger partial charge in [0.25, 0.3) is 6.01 Å². The lowest BCUT2D eigenvalue weighted by Crippen LogP contribution is -2.44. The molecule has 118 valence electrons. The molecule has 0 unspecified atom stereocenters. The molecule has 0 bridgehead atoms. The first-order chi connectivity index (χ1) is 10.8. The second-order valence-electron chi connectivity index (χ2n) is 7.47. The average molecular weight is 301 g/mol. The Bertz CT molecular complexity index is 593. The minimum atomic E-state index is -0.0299. The third-order valence-electron chi connectivity index (χ3n) is 5.87. The summed E-state index contributed by atoms with van der Waals surface area (Å²) in [7, 11) is 0. The molecule has 0 N–H and O–H groups in total. The number of aromatic nitrogens is 1. The topological polar surface area (TPSA) is 50.9 Å². The molecule has 4 aliphatic rings. The van der Waals surface area contributed by atoms with Gasteiger partial charge in [-0.2, -0.15) is 0 Å². The van der Waals surface area contributed by atoms with Crippen LogP contribution in [0.5, 0.6) is 0 Å². The first-order valence-corrected chi connectivity index (χ1v) is 8.77. The van der Waals surface area contributed by atoms with Crippen LogP contribution in [-0.2, 0) is 4.84 Å². The predicted octanol–water partition coefficient (Wildman–Crippen LogP) is 3.47. The summed E-state index contributed by atoms with van der Waals surface area (Å²) in [6.07, 6.45) is 11.5. The summed E-state index contributed by atoms with van der Waals surface area (Å²) in [6, 6.07) is 0.804. The maximum absolute atomic E-state index is 5.99. The van der Waals surface area contributed by atoms with Gasteiger partial charge in [-0.05, 0) is 25.7 Å². The van der Waals surface area contributed by atoms with Crippen LogP contribution in [0.25, 0.3) is 0 Å². The van der Waals surface area contributed by atoms with Crippen LogP contribution in [0.15, 0.2) is 15.8 Å². The highest BCUT2D eigenvalue weighted by Gasteiger charge is 2.46. The summed E-state index contributed by atoms with van der Waals surface area (Å²) in [6.45, 7) is 1.91. The zero-order chi connectivity index (χ0) is 14.6. The molecule has 22 heavy (non-hydrogen) atoms. The summed E-state index contributed by atoms with van der Waals surface area (Å²) < 4.78 is 5.99. The van der Waals surface area contributed by atoms with Gasteiger partial charge >= 0.3 is 0 Å². The zero-order valence-electron chi connectivity index (χ0n) is 13.0. The third kappa shape index (κ3) is 2.13. The highest BCUT2D eigenvalue weighted by Crippen LogP contribution is 2.43. The quantitative estimate of drug-likeness (QED) is 0.858. The lowest BCUT2D eigenvalue weighted by Gasteiger charge is -2.36. The van der Waals surface area contributed by atoms with Gasteiger partial charge in [-0.3, -0.25) is 0 Å². The van der Waals surface area contributed by atoms with E-state index in [-0.39, 0.29) is 5.60 Å². The lowest BCUT2D eigenvalue weighted by atomic mass is 9.84. The Balaban J connectivity index is 1.22. The smallest absolute Gasteiger partial charge is 0.297 e. The minimum Gasteiger partial charge on any atom is -0.428 e. The summed E-state index contributed by atoms with van der Waals surface area (Å²) in [5.74, 6) is 2.43. The van der Waals surface area contributed by atoms with E-state index in [9.17, 15) is 0 Å². The molecule has 0 amide bonds. The molecular weight excluding hydrogens is 278 g/mol. The van der Waals surface area contributed by atoms with Crippen molar-refractivity contribution in [3.05, 3.63) is 12.0 Å². The van der Waals surface area contributed by atoms with E-state index in [0.29, 0.717) is 5.92 Å². The molecule has 1 spiro atoms. The highest BCUT2D eigenvalue weighted by molar-refractivity contribution is 5.90. The van der Waals surface area contributed by atoms with Crippen LogP contribution in [0.4, 0.5) is 6.01 Å². The Labute approximate surface area is 130 Å². The van der Waals surface area contributed by atoms with Crippen molar-refractivity contribution in [2.75, 3.05) is 18.0 Å². The van der Waals surface area contributed by atoms with E-state index >= 15 is 0 Å². The Morgan fingerprint density at radius 3 is 2.59 bits per heavy atom. The van der Waals surface area contributed by atoms with Crippen LogP contribution < -0.4 is 4.90 Å². The van der Waals surface area contributed by atoms with Crippen molar-refractivity contribution < 1.29 is 9.25 Å². The molecular formula is C17H23N3O2. The number of oxazole rings is 1. The summed E-state index contributed by atoms with van der Waals surface area (Å²) >= 11 is 0. The van der Waals surface area contributed by atoms with Crippen LogP contribution in [-0.4, -0.2) is 29.4 Å². The maximum Gasteiger partial charge on any atom is 0.297 e. The molecule has 1 aromatic heterocycles. The first kappa shape index (κ1) is 13.0. The largest absolute Gasteiger partial charge is 0.428 e. The van der Waals surface area contributed by atoms with Crippen molar-refractivity contribution in [2.45, 2.75) is 62.9 Å². The molecule has 5 heteroatoms. The van der Waals surface area contributed by atoms with Gasteiger partial charge in [-0.1, -0.05) is 11.6 Å². The molecule has 1 saturated heterocycles. The van der Waals surface area contributed by atoms with Crippen molar-refractivity contribution in [1.29, 1.82) is 0 Å². The second-order valence-corrected chi connectivity index (χ2v) is 7.47. The summed E-state index contributed by atoms with van der Waals surface area (Å²) in [4.78, 5) is 12.6. The predicted molar refractivity (Wildman–Crippen MR) is 83.1 cm³/mol. The van der Waals surface area contributed by atoms with Gasteiger partial charge in [-0.15, -0.1) is 0 Å². The number of anilines is 1. The molecule has 3 heterocycles. The van der Waals surface area contributed by atoms with Crippen LogP contribution in [0.2, 0.25) is 0 Å². The molecule has 5 nitrogen and oxygen atoms in total. The van der Waals surface area contributed by atoms with Crippen LogP contribution >= 0.6 is 0 Å². The van der Waals surface area contributed by atoms with Crippen molar-refractivity contribution >= 4 is 11.7 Å². The Morgan fingerprint density at radius 2 is 1.91 bits per heavy atom. The van der Waals surface area contributed by atoms with Gasteiger partial charge in [0, 0.05) is 44.2 Å². The van der Waals surface area contributed by atoms with E-state index in [0.717, 1.165) is 50.0 Å². The van der Waals surface area contributed by atoms with Gasteiger partial charge in [0.1, 0.15) is 11.4 Å². The van der Waals surface area contributed by atoms with E-state index in [1.54, 1.807) is 0 Å². The second kappa shape index (κ2) is 4.74. The van der Waals surface area contributed by atoms with E-state index in [2.05, 4.69) is 15.0 Å². The lowest BCUT2D eigenvalue weighted by molar-refractivity contribution is -0.0364. The highest BCUT2D eigenvalue weighted by atomic mass is 16.7. The zero-order valence-corrected chi connectivity index (χ0v) is 13.0. The van der Waals surface area contributed by atoms with Crippen molar-refractivity contribution in [1.82, 2.24) is 4.98 Å². The molecule has 0 radical (unpaired) electrons. The molecule has 2 saturated carbocycles. The number of piperidine rings is 1. The fraction of sp³-hybridized carbons (Fsp3) is 0.765. The minimum absolute atomic E-state index is 0.0299. The fourth-order valence-corrected chi connectivity index (χ4v) is 3.86. The number of nitrogens with zero attached hydrogens (tertiary/aromatic N) is 3. The fourth-order valence-electron chi connectivity index (χ4n) is 3.86.